The van der Waals surface area contributed by atoms with E-state index < -0.39 is 0 Å². The van der Waals surface area contributed by atoms with Crippen LogP contribution in [0.2, 0.25) is 0 Å². The monoisotopic (exact) mass is 210 g/mol. The number of hydrogen-bond acceptors (Lipinski definition) is 5. The molecule has 0 radical (unpaired) electrons. The maximum Gasteiger partial charge on any atom is 0.192 e. The lowest BCUT2D eigenvalue weighted by Crippen LogP contribution is -1.94. The van der Waals surface area contributed by atoms with Gasteiger partial charge in [0.2, 0.25) is 0 Å². The first-order valence-electron chi connectivity index (χ1n) is 3.98. The van der Waals surface area contributed by atoms with Crippen molar-refractivity contribution in [2.75, 3.05) is 5.73 Å². The Bertz CT molecular complexity index is 445. The van der Waals surface area contributed by atoms with Crippen molar-refractivity contribution in [3.63, 3.8) is 0 Å². The highest BCUT2D eigenvalue weighted by molar-refractivity contribution is 7.99. The van der Waals surface area contributed by atoms with Gasteiger partial charge in [-0.3, -0.25) is 4.68 Å². The van der Waals surface area contributed by atoms with Crippen molar-refractivity contribution in [2.24, 2.45) is 14.1 Å². The van der Waals surface area contributed by atoms with E-state index in [1.165, 1.54) is 18.1 Å². The van der Waals surface area contributed by atoms with E-state index in [2.05, 4.69) is 15.2 Å². The van der Waals surface area contributed by atoms with Gasteiger partial charge in [-0.15, -0.1) is 0 Å². The Hall–Kier alpha value is -1.50. The molecule has 74 valence electrons. The second-order valence-corrected chi connectivity index (χ2v) is 3.79. The summed E-state index contributed by atoms with van der Waals surface area (Å²) in [4.78, 5) is 4.07. The van der Waals surface area contributed by atoms with Crippen LogP contribution in [0, 0.1) is 0 Å². The van der Waals surface area contributed by atoms with Crippen LogP contribution in [0.1, 0.15) is 0 Å². The van der Waals surface area contributed by atoms with E-state index in [-0.39, 0.29) is 0 Å². The molecule has 2 aromatic rings. The van der Waals surface area contributed by atoms with Crippen molar-refractivity contribution in [1.82, 2.24) is 24.5 Å². The van der Waals surface area contributed by atoms with Gasteiger partial charge in [0, 0.05) is 20.3 Å². The van der Waals surface area contributed by atoms with Crippen LogP contribution in [0.15, 0.2) is 22.7 Å². The number of nitrogen functional groups attached to an aromatic ring is 1. The summed E-state index contributed by atoms with van der Waals surface area (Å²) in [5.74, 6) is 0. The van der Waals surface area contributed by atoms with E-state index >= 15 is 0 Å². The van der Waals surface area contributed by atoms with E-state index in [0.29, 0.717) is 5.69 Å². The summed E-state index contributed by atoms with van der Waals surface area (Å²) in [6.07, 6.45) is 3.26. The molecule has 0 aliphatic carbocycles. The Morgan fingerprint density at radius 3 is 2.71 bits per heavy atom. The Kier molecular flexibility index (Phi) is 2.16. The van der Waals surface area contributed by atoms with Crippen molar-refractivity contribution < 1.29 is 0 Å². The van der Waals surface area contributed by atoms with Crippen LogP contribution in [-0.2, 0) is 14.1 Å². The fourth-order valence-corrected chi connectivity index (χ4v) is 1.82. The standard InChI is InChI=1S/C7H10N6S/c1-12-3-5(8)6(11-12)14-7-9-4-10-13(7)2/h3-4H,8H2,1-2H3. The smallest absolute Gasteiger partial charge is 0.192 e. The van der Waals surface area contributed by atoms with Crippen LogP contribution in [-0.4, -0.2) is 24.5 Å². The molecule has 0 bridgehead atoms. The number of aromatic nitrogens is 5. The molecule has 2 N–H and O–H groups in total. The number of aryl methyl sites for hydroxylation is 2. The van der Waals surface area contributed by atoms with Crippen molar-refractivity contribution in [3.8, 4) is 0 Å². The molecule has 14 heavy (non-hydrogen) atoms. The van der Waals surface area contributed by atoms with Crippen molar-refractivity contribution in [3.05, 3.63) is 12.5 Å². The molecule has 0 saturated carbocycles. The SMILES string of the molecule is Cn1cc(N)c(Sc2ncnn2C)n1. The molecular formula is C7H10N6S. The number of nitrogens with zero attached hydrogens (tertiary/aromatic N) is 5. The Morgan fingerprint density at radius 1 is 1.43 bits per heavy atom. The van der Waals surface area contributed by atoms with Gasteiger partial charge in [0.25, 0.3) is 0 Å². The first-order chi connectivity index (χ1) is 6.66. The molecule has 2 aromatic heterocycles. The predicted octanol–water partition coefficient (Wildman–Crippen LogP) is 0.282. The Morgan fingerprint density at radius 2 is 2.21 bits per heavy atom. The number of anilines is 1. The summed E-state index contributed by atoms with van der Waals surface area (Å²) in [7, 11) is 3.66. The van der Waals surface area contributed by atoms with Gasteiger partial charge in [-0.25, -0.2) is 9.67 Å². The zero-order valence-electron chi connectivity index (χ0n) is 7.88. The van der Waals surface area contributed by atoms with Crippen LogP contribution in [0.4, 0.5) is 5.69 Å². The van der Waals surface area contributed by atoms with Crippen LogP contribution in [0.5, 0.6) is 0 Å². The van der Waals surface area contributed by atoms with E-state index in [1.54, 1.807) is 15.6 Å². The molecule has 2 heterocycles. The third-order valence-corrected chi connectivity index (χ3v) is 2.74. The minimum atomic E-state index is 0.653. The van der Waals surface area contributed by atoms with Gasteiger partial charge in [-0.1, -0.05) is 0 Å². The van der Waals surface area contributed by atoms with E-state index in [4.69, 9.17) is 5.73 Å². The summed E-state index contributed by atoms with van der Waals surface area (Å²) >= 11 is 1.40. The molecule has 0 aromatic carbocycles. The molecule has 0 aliphatic heterocycles. The van der Waals surface area contributed by atoms with E-state index in [9.17, 15) is 0 Å². The quantitative estimate of drug-likeness (QED) is 0.770. The molecule has 7 heteroatoms. The second-order valence-electron chi connectivity index (χ2n) is 2.83. The molecule has 0 fully saturated rings. The van der Waals surface area contributed by atoms with Crippen molar-refractivity contribution in [2.45, 2.75) is 10.2 Å². The number of rotatable bonds is 2. The maximum atomic E-state index is 5.75. The zero-order chi connectivity index (χ0) is 10.1. The largest absolute Gasteiger partial charge is 0.395 e. The average Bonchev–Trinajstić information content (AvgIpc) is 2.62. The van der Waals surface area contributed by atoms with Gasteiger partial charge in [0.15, 0.2) is 5.16 Å². The minimum absolute atomic E-state index is 0.653. The Labute approximate surface area is 85.1 Å². The van der Waals surface area contributed by atoms with Crippen LogP contribution in [0.3, 0.4) is 0 Å². The topological polar surface area (TPSA) is 74.6 Å². The highest BCUT2D eigenvalue weighted by atomic mass is 32.2. The third-order valence-electron chi connectivity index (χ3n) is 1.68. The third kappa shape index (κ3) is 1.58. The zero-order valence-corrected chi connectivity index (χ0v) is 8.69. The van der Waals surface area contributed by atoms with Gasteiger partial charge in [0.05, 0.1) is 5.69 Å². The van der Waals surface area contributed by atoms with Crippen LogP contribution < -0.4 is 5.73 Å². The van der Waals surface area contributed by atoms with Crippen LogP contribution in [0.25, 0.3) is 0 Å². The van der Waals surface area contributed by atoms with Gasteiger partial charge in [-0.05, 0) is 11.8 Å². The van der Waals surface area contributed by atoms with Gasteiger partial charge in [0.1, 0.15) is 11.4 Å². The molecule has 2 rings (SSSR count). The normalized spacial score (nSPS) is 10.7. The maximum absolute atomic E-state index is 5.75. The summed E-state index contributed by atoms with van der Waals surface area (Å²) in [6.45, 7) is 0. The fraction of sp³-hybridized carbons (Fsp3) is 0.286. The van der Waals surface area contributed by atoms with Gasteiger partial charge >= 0.3 is 0 Å². The number of nitrogens with two attached hydrogens (primary N) is 1. The molecule has 6 nitrogen and oxygen atoms in total. The highest BCUT2D eigenvalue weighted by Gasteiger charge is 2.09. The predicted molar refractivity (Wildman–Crippen MR) is 52.7 cm³/mol. The van der Waals surface area contributed by atoms with Crippen molar-refractivity contribution >= 4 is 17.4 Å². The average molecular weight is 210 g/mol. The summed E-state index contributed by atoms with van der Waals surface area (Å²) < 4.78 is 3.35. The lowest BCUT2D eigenvalue weighted by molar-refractivity contribution is 0.682. The minimum Gasteiger partial charge on any atom is -0.395 e. The molecule has 0 unspecified atom stereocenters. The lowest BCUT2D eigenvalue weighted by Gasteiger charge is -1.96. The van der Waals surface area contributed by atoms with Gasteiger partial charge < -0.3 is 5.73 Å². The lowest BCUT2D eigenvalue weighted by atomic mass is 10.6. The molecule has 0 aliphatic rings. The molecule has 0 spiro atoms. The molecular weight excluding hydrogens is 200 g/mol. The highest BCUT2D eigenvalue weighted by Crippen LogP contribution is 2.27. The van der Waals surface area contributed by atoms with Crippen molar-refractivity contribution in [1.29, 1.82) is 0 Å². The second kappa shape index (κ2) is 3.33. The summed E-state index contributed by atoms with van der Waals surface area (Å²) in [5.41, 5.74) is 6.40. The molecule has 0 saturated heterocycles. The molecule has 0 atom stereocenters. The summed E-state index contributed by atoms with van der Waals surface area (Å²) in [6, 6.07) is 0. The van der Waals surface area contributed by atoms with Gasteiger partial charge in [-0.2, -0.15) is 10.2 Å². The summed E-state index contributed by atoms with van der Waals surface area (Å²) in [5, 5.41) is 9.69. The number of hydrogen-bond donors (Lipinski definition) is 1. The first-order valence-corrected chi connectivity index (χ1v) is 4.79. The van der Waals surface area contributed by atoms with E-state index in [1.807, 2.05) is 14.1 Å². The van der Waals surface area contributed by atoms with Crippen LogP contribution >= 0.6 is 11.8 Å². The fourth-order valence-electron chi connectivity index (χ4n) is 1.03. The first kappa shape index (κ1) is 9.07. The Balaban J connectivity index is 2.27. The molecule has 0 amide bonds. The van der Waals surface area contributed by atoms with E-state index in [0.717, 1.165) is 10.2 Å².